The van der Waals surface area contributed by atoms with Crippen LogP contribution in [0.3, 0.4) is 0 Å². The van der Waals surface area contributed by atoms with E-state index < -0.39 is 0 Å². The van der Waals surface area contributed by atoms with Crippen molar-refractivity contribution in [3.8, 4) is 0 Å². The number of para-hydroxylation sites is 1. The van der Waals surface area contributed by atoms with Crippen LogP contribution in [-0.4, -0.2) is 11.8 Å². The monoisotopic (exact) mass is 366 g/mol. The van der Waals surface area contributed by atoms with Gasteiger partial charge in [0.1, 0.15) is 6.42 Å². The summed E-state index contributed by atoms with van der Waals surface area (Å²) < 4.78 is 0.761. The molecule has 2 aromatic rings. The van der Waals surface area contributed by atoms with Crippen molar-refractivity contribution >= 4 is 50.7 Å². The number of halogens is 2. The van der Waals surface area contributed by atoms with Crippen LogP contribution in [0.2, 0.25) is 5.02 Å². The zero-order chi connectivity index (χ0) is 15.2. The van der Waals surface area contributed by atoms with Crippen LogP contribution in [0, 0.1) is 0 Å². The summed E-state index contributed by atoms with van der Waals surface area (Å²) in [6, 6.07) is 13.9. The van der Waals surface area contributed by atoms with E-state index in [1.165, 1.54) is 0 Å². The van der Waals surface area contributed by atoms with E-state index in [4.69, 9.17) is 11.6 Å². The van der Waals surface area contributed by atoms with Gasteiger partial charge in [0.15, 0.2) is 0 Å². The molecule has 0 unspecified atom stereocenters. The highest BCUT2D eigenvalue weighted by Gasteiger charge is 2.11. The van der Waals surface area contributed by atoms with Gasteiger partial charge in [-0.05, 0) is 52.3 Å². The molecule has 0 spiro atoms. The number of hydrogen-bond acceptors (Lipinski definition) is 2. The molecule has 0 bridgehead atoms. The van der Waals surface area contributed by atoms with Crippen LogP contribution in [0.4, 0.5) is 11.4 Å². The molecule has 0 aliphatic carbocycles. The summed E-state index contributed by atoms with van der Waals surface area (Å²) >= 11 is 9.08. The standard InChI is InChI=1S/C15H12BrClN2O2/c16-12-3-1-2-4-13(12)19-15(21)9-14(20)18-11-7-5-10(17)6-8-11/h1-8H,9H2,(H,18,20)(H,19,21). The molecule has 0 radical (unpaired) electrons. The third-order valence-electron chi connectivity index (χ3n) is 2.60. The fourth-order valence-corrected chi connectivity index (χ4v) is 2.15. The largest absolute Gasteiger partial charge is 0.326 e. The van der Waals surface area contributed by atoms with Crippen molar-refractivity contribution in [1.82, 2.24) is 0 Å². The molecule has 6 heteroatoms. The lowest BCUT2D eigenvalue weighted by atomic mass is 10.3. The van der Waals surface area contributed by atoms with E-state index in [0.717, 1.165) is 4.47 Å². The minimum absolute atomic E-state index is 0.260. The summed E-state index contributed by atoms with van der Waals surface area (Å²) in [5.74, 6) is -0.768. The van der Waals surface area contributed by atoms with Crippen LogP contribution < -0.4 is 10.6 Å². The molecule has 2 N–H and O–H groups in total. The molecule has 108 valence electrons. The molecule has 0 saturated heterocycles. The summed E-state index contributed by atoms with van der Waals surface area (Å²) in [5.41, 5.74) is 1.22. The minimum Gasteiger partial charge on any atom is -0.326 e. The van der Waals surface area contributed by atoms with E-state index in [1.54, 1.807) is 36.4 Å². The van der Waals surface area contributed by atoms with Crippen molar-refractivity contribution in [2.45, 2.75) is 6.42 Å². The van der Waals surface area contributed by atoms with Gasteiger partial charge in [0.05, 0.1) is 5.69 Å². The Kier molecular flexibility index (Phi) is 5.36. The van der Waals surface area contributed by atoms with Crippen LogP contribution in [0.5, 0.6) is 0 Å². The van der Waals surface area contributed by atoms with Crippen LogP contribution in [0.25, 0.3) is 0 Å². The quantitative estimate of drug-likeness (QED) is 0.800. The smallest absolute Gasteiger partial charge is 0.233 e. The average Bonchev–Trinajstić information content (AvgIpc) is 2.44. The number of carbonyl (C=O) groups is 2. The maximum absolute atomic E-state index is 11.8. The summed E-state index contributed by atoms with van der Waals surface area (Å²) in [4.78, 5) is 23.6. The first-order chi connectivity index (χ1) is 10.0. The Hall–Kier alpha value is -1.85. The lowest BCUT2D eigenvalue weighted by molar-refractivity contribution is -0.123. The maximum Gasteiger partial charge on any atom is 0.233 e. The van der Waals surface area contributed by atoms with Gasteiger partial charge in [0.2, 0.25) is 11.8 Å². The molecule has 0 heterocycles. The number of rotatable bonds is 4. The Morgan fingerprint density at radius 2 is 1.57 bits per heavy atom. The fraction of sp³-hybridized carbons (Fsp3) is 0.0667. The second-order valence-electron chi connectivity index (χ2n) is 4.26. The van der Waals surface area contributed by atoms with Gasteiger partial charge in [0, 0.05) is 15.2 Å². The maximum atomic E-state index is 11.8. The molecule has 21 heavy (non-hydrogen) atoms. The van der Waals surface area contributed by atoms with E-state index in [9.17, 15) is 9.59 Å². The zero-order valence-electron chi connectivity index (χ0n) is 10.9. The second kappa shape index (κ2) is 7.24. The number of anilines is 2. The number of carbonyl (C=O) groups excluding carboxylic acids is 2. The van der Waals surface area contributed by atoms with Crippen LogP contribution >= 0.6 is 27.5 Å². The number of benzene rings is 2. The van der Waals surface area contributed by atoms with Crippen molar-refractivity contribution in [1.29, 1.82) is 0 Å². The van der Waals surface area contributed by atoms with Gasteiger partial charge in [0.25, 0.3) is 0 Å². The zero-order valence-corrected chi connectivity index (χ0v) is 13.2. The predicted molar refractivity (Wildman–Crippen MR) is 87.5 cm³/mol. The molecule has 0 saturated carbocycles. The summed E-state index contributed by atoms with van der Waals surface area (Å²) in [7, 11) is 0. The first kappa shape index (κ1) is 15.5. The predicted octanol–water partition coefficient (Wildman–Crippen LogP) is 4.07. The summed E-state index contributed by atoms with van der Waals surface area (Å²) in [6.07, 6.45) is -0.260. The van der Waals surface area contributed by atoms with Gasteiger partial charge in [-0.25, -0.2) is 0 Å². The van der Waals surface area contributed by atoms with E-state index in [2.05, 4.69) is 26.6 Å². The first-order valence-corrected chi connectivity index (χ1v) is 7.31. The number of amides is 2. The van der Waals surface area contributed by atoms with Gasteiger partial charge in [-0.15, -0.1) is 0 Å². The number of hydrogen-bond donors (Lipinski definition) is 2. The second-order valence-corrected chi connectivity index (χ2v) is 5.55. The van der Waals surface area contributed by atoms with Crippen molar-refractivity contribution in [2.24, 2.45) is 0 Å². The molecule has 0 aliphatic rings. The Bertz CT molecular complexity index is 659. The highest BCUT2D eigenvalue weighted by molar-refractivity contribution is 9.10. The Morgan fingerprint density at radius 1 is 0.952 bits per heavy atom. The van der Waals surface area contributed by atoms with Crippen molar-refractivity contribution < 1.29 is 9.59 Å². The highest BCUT2D eigenvalue weighted by atomic mass is 79.9. The summed E-state index contributed by atoms with van der Waals surface area (Å²) in [5, 5.41) is 5.88. The van der Waals surface area contributed by atoms with Gasteiger partial charge in [-0.2, -0.15) is 0 Å². The Labute approximate surface area is 135 Å². The summed E-state index contributed by atoms with van der Waals surface area (Å²) in [6.45, 7) is 0. The van der Waals surface area contributed by atoms with Gasteiger partial charge in [-0.3, -0.25) is 9.59 Å². The SMILES string of the molecule is O=C(CC(=O)Nc1ccccc1Br)Nc1ccc(Cl)cc1. The molecular weight excluding hydrogens is 356 g/mol. The lowest BCUT2D eigenvalue weighted by Gasteiger charge is -2.08. The average molecular weight is 368 g/mol. The highest BCUT2D eigenvalue weighted by Crippen LogP contribution is 2.21. The van der Waals surface area contributed by atoms with Crippen molar-refractivity contribution in [3.63, 3.8) is 0 Å². The van der Waals surface area contributed by atoms with Crippen molar-refractivity contribution in [2.75, 3.05) is 10.6 Å². The van der Waals surface area contributed by atoms with E-state index in [-0.39, 0.29) is 18.2 Å². The van der Waals surface area contributed by atoms with Gasteiger partial charge < -0.3 is 10.6 Å². The molecule has 4 nitrogen and oxygen atoms in total. The van der Waals surface area contributed by atoms with Crippen LogP contribution in [0.1, 0.15) is 6.42 Å². The number of nitrogens with one attached hydrogen (secondary N) is 2. The van der Waals surface area contributed by atoms with Crippen LogP contribution in [0.15, 0.2) is 53.0 Å². The normalized spacial score (nSPS) is 10.0. The van der Waals surface area contributed by atoms with Gasteiger partial charge in [-0.1, -0.05) is 23.7 Å². The molecule has 0 aliphatic heterocycles. The first-order valence-electron chi connectivity index (χ1n) is 6.14. The lowest BCUT2D eigenvalue weighted by Crippen LogP contribution is -2.21. The molecule has 0 aromatic heterocycles. The van der Waals surface area contributed by atoms with Crippen molar-refractivity contribution in [3.05, 3.63) is 58.0 Å². The Morgan fingerprint density at radius 3 is 2.24 bits per heavy atom. The third-order valence-corrected chi connectivity index (χ3v) is 3.54. The molecular formula is C15H12BrClN2O2. The third kappa shape index (κ3) is 4.88. The molecule has 2 rings (SSSR count). The molecule has 2 amide bonds. The van der Waals surface area contributed by atoms with E-state index in [0.29, 0.717) is 16.4 Å². The minimum atomic E-state index is -0.387. The van der Waals surface area contributed by atoms with Gasteiger partial charge >= 0.3 is 0 Å². The topological polar surface area (TPSA) is 58.2 Å². The fourth-order valence-electron chi connectivity index (χ4n) is 1.64. The molecule has 2 aromatic carbocycles. The van der Waals surface area contributed by atoms with E-state index >= 15 is 0 Å². The molecule has 0 fully saturated rings. The molecule has 0 atom stereocenters. The van der Waals surface area contributed by atoms with Crippen LogP contribution in [-0.2, 0) is 9.59 Å². The Balaban J connectivity index is 1.89. The van der Waals surface area contributed by atoms with E-state index in [1.807, 2.05) is 12.1 Å².